The summed E-state index contributed by atoms with van der Waals surface area (Å²) in [5, 5.41) is 2.87. The number of hydrogen-bond donors (Lipinski definition) is 1. The van der Waals surface area contributed by atoms with E-state index in [1.807, 2.05) is 32.0 Å². The van der Waals surface area contributed by atoms with Crippen molar-refractivity contribution in [1.82, 2.24) is 9.62 Å². The molecule has 0 bridgehead atoms. The van der Waals surface area contributed by atoms with Gasteiger partial charge in [0.25, 0.3) is 0 Å². The molecule has 8 heteroatoms. The highest BCUT2D eigenvalue weighted by Crippen LogP contribution is 2.29. The Balaban J connectivity index is 1.98. The number of nitrogens with zero attached hydrogens (tertiary/aromatic N) is 1. The Hall–Kier alpha value is -2.06. The monoisotopic (exact) mass is 396 g/mol. The standard InChI is InChI=1S/C19H28N2O5S/c1-4-25-17-10-8-15(13-18(17)26-5-2)9-11-19(22)20-16-7-6-12-21(14-16)27(3,23)24/h8-11,13,16H,4-7,12,14H2,1-3H3,(H,20,22)/b11-9+. The van der Waals surface area contributed by atoms with Crippen molar-refractivity contribution < 1.29 is 22.7 Å². The Morgan fingerprint density at radius 2 is 1.96 bits per heavy atom. The van der Waals surface area contributed by atoms with E-state index in [0.717, 1.165) is 18.4 Å². The third-order valence-electron chi connectivity index (χ3n) is 4.19. The number of benzene rings is 1. The second kappa shape index (κ2) is 9.75. The van der Waals surface area contributed by atoms with E-state index in [4.69, 9.17) is 9.47 Å². The van der Waals surface area contributed by atoms with Gasteiger partial charge in [-0.3, -0.25) is 4.79 Å². The zero-order valence-corrected chi connectivity index (χ0v) is 16.9. The summed E-state index contributed by atoms with van der Waals surface area (Å²) in [4.78, 5) is 12.2. The smallest absolute Gasteiger partial charge is 0.244 e. The summed E-state index contributed by atoms with van der Waals surface area (Å²) in [6.45, 7) is 5.69. The van der Waals surface area contributed by atoms with Crippen LogP contribution in [-0.2, 0) is 14.8 Å². The first-order chi connectivity index (χ1) is 12.8. The Labute approximate surface area is 161 Å². The highest BCUT2D eigenvalue weighted by molar-refractivity contribution is 7.88. The molecule has 0 aliphatic carbocycles. The first-order valence-electron chi connectivity index (χ1n) is 9.16. The molecule has 1 aliphatic rings. The minimum Gasteiger partial charge on any atom is -0.490 e. The van der Waals surface area contributed by atoms with E-state index in [1.165, 1.54) is 16.6 Å². The van der Waals surface area contributed by atoms with Crippen LogP contribution in [0, 0.1) is 0 Å². The minimum absolute atomic E-state index is 0.176. The molecular formula is C19H28N2O5S. The summed E-state index contributed by atoms with van der Waals surface area (Å²) in [6.07, 6.45) is 5.84. The summed E-state index contributed by atoms with van der Waals surface area (Å²) >= 11 is 0. The van der Waals surface area contributed by atoms with Crippen molar-refractivity contribution >= 4 is 22.0 Å². The van der Waals surface area contributed by atoms with Crippen LogP contribution in [0.3, 0.4) is 0 Å². The van der Waals surface area contributed by atoms with Crippen molar-refractivity contribution in [3.05, 3.63) is 29.8 Å². The Kier molecular flexibility index (Phi) is 7.67. The number of amides is 1. The topological polar surface area (TPSA) is 84.9 Å². The average molecular weight is 397 g/mol. The van der Waals surface area contributed by atoms with E-state index in [2.05, 4.69) is 5.32 Å². The number of rotatable bonds is 8. The Bertz CT molecular complexity index is 776. The fourth-order valence-corrected chi connectivity index (χ4v) is 3.87. The summed E-state index contributed by atoms with van der Waals surface area (Å²) in [5.74, 6) is 1.06. The number of carbonyl (C=O) groups excluding carboxylic acids is 1. The van der Waals surface area contributed by atoms with Gasteiger partial charge < -0.3 is 14.8 Å². The summed E-state index contributed by atoms with van der Waals surface area (Å²) in [7, 11) is -3.23. The van der Waals surface area contributed by atoms with E-state index >= 15 is 0 Å². The van der Waals surface area contributed by atoms with E-state index in [9.17, 15) is 13.2 Å². The molecule has 1 N–H and O–H groups in total. The predicted molar refractivity (Wildman–Crippen MR) is 105 cm³/mol. The van der Waals surface area contributed by atoms with Gasteiger partial charge in [-0.05, 0) is 50.5 Å². The predicted octanol–water partition coefficient (Wildman–Crippen LogP) is 2.04. The summed E-state index contributed by atoms with van der Waals surface area (Å²) in [6, 6.07) is 5.31. The highest BCUT2D eigenvalue weighted by atomic mass is 32.2. The molecule has 0 aromatic heterocycles. The van der Waals surface area contributed by atoms with Crippen LogP contribution in [0.25, 0.3) is 6.08 Å². The molecule has 7 nitrogen and oxygen atoms in total. The van der Waals surface area contributed by atoms with Crippen molar-refractivity contribution in [3.63, 3.8) is 0 Å². The summed E-state index contributed by atoms with van der Waals surface area (Å²) in [5.41, 5.74) is 0.818. The van der Waals surface area contributed by atoms with Crippen molar-refractivity contribution in [1.29, 1.82) is 0 Å². The van der Waals surface area contributed by atoms with Gasteiger partial charge in [0.15, 0.2) is 11.5 Å². The van der Waals surface area contributed by atoms with Crippen LogP contribution in [0.1, 0.15) is 32.3 Å². The molecule has 1 aromatic carbocycles. The van der Waals surface area contributed by atoms with Gasteiger partial charge in [0, 0.05) is 25.2 Å². The number of carbonyl (C=O) groups is 1. The fourth-order valence-electron chi connectivity index (χ4n) is 2.95. The molecule has 0 saturated carbocycles. The van der Waals surface area contributed by atoms with Gasteiger partial charge in [-0.1, -0.05) is 6.07 Å². The lowest BCUT2D eigenvalue weighted by molar-refractivity contribution is -0.117. The molecule has 1 saturated heterocycles. The number of nitrogens with one attached hydrogen (secondary N) is 1. The van der Waals surface area contributed by atoms with Crippen LogP contribution in [0.5, 0.6) is 11.5 Å². The average Bonchev–Trinajstić information content (AvgIpc) is 2.62. The maximum atomic E-state index is 12.2. The van der Waals surface area contributed by atoms with Crippen LogP contribution in [0.2, 0.25) is 0 Å². The molecule has 0 radical (unpaired) electrons. The molecule has 2 rings (SSSR count). The lowest BCUT2D eigenvalue weighted by Gasteiger charge is -2.31. The van der Waals surface area contributed by atoms with Crippen LogP contribution < -0.4 is 14.8 Å². The van der Waals surface area contributed by atoms with Crippen molar-refractivity contribution in [2.75, 3.05) is 32.6 Å². The maximum absolute atomic E-state index is 12.2. The van der Waals surface area contributed by atoms with Crippen LogP contribution in [0.15, 0.2) is 24.3 Å². The van der Waals surface area contributed by atoms with E-state index < -0.39 is 10.0 Å². The summed E-state index contributed by atoms with van der Waals surface area (Å²) < 4.78 is 35.8. The zero-order valence-electron chi connectivity index (χ0n) is 16.1. The molecule has 150 valence electrons. The van der Waals surface area contributed by atoms with Gasteiger partial charge in [0.05, 0.1) is 19.5 Å². The van der Waals surface area contributed by atoms with Gasteiger partial charge in [-0.15, -0.1) is 0 Å². The van der Waals surface area contributed by atoms with Gasteiger partial charge in [-0.2, -0.15) is 0 Å². The SMILES string of the molecule is CCOc1ccc(/C=C/C(=O)NC2CCCN(S(C)(=O)=O)C2)cc1OCC. The molecule has 0 spiro atoms. The van der Waals surface area contributed by atoms with Crippen LogP contribution in [0.4, 0.5) is 0 Å². The third kappa shape index (κ3) is 6.55. The third-order valence-corrected chi connectivity index (χ3v) is 5.46. The lowest BCUT2D eigenvalue weighted by Crippen LogP contribution is -2.48. The first-order valence-corrected chi connectivity index (χ1v) is 11.0. The minimum atomic E-state index is -3.23. The number of ether oxygens (including phenoxy) is 2. The number of piperidine rings is 1. The second-order valence-electron chi connectivity index (χ2n) is 6.37. The van der Waals surface area contributed by atoms with Gasteiger partial charge in [0.2, 0.25) is 15.9 Å². The van der Waals surface area contributed by atoms with Crippen molar-refractivity contribution in [2.24, 2.45) is 0 Å². The van der Waals surface area contributed by atoms with Gasteiger partial charge >= 0.3 is 0 Å². The number of hydrogen-bond acceptors (Lipinski definition) is 5. The first kappa shape index (κ1) is 21.2. The molecule has 1 amide bonds. The lowest BCUT2D eigenvalue weighted by atomic mass is 10.1. The Morgan fingerprint density at radius 1 is 1.26 bits per heavy atom. The number of sulfonamides is 1. The van der Waals surface area contributed by atoms with Crippen LogP contribution in [-0.4, -0.2) is 57.2 Å². The molecule has 1 aliphatic heterocycles. The molecule has 1 heterocycles. The molecule has 1 atom stereocenters. The molecular weight excluding hydrogens is 368 g/mol. The van der Waals surface area contributed by atoms with E-state index in [0.29, 0.717) is 37.8 Å². The van der Waals surface area contributed by atoms with Crippen molar-refractivity contribution in [2.45, 2.75) is 32.7 Å². The largest absolute Gasteiger partial charge is 0.490 e. The van der Waals surface area contributed by atoms with Crippen molar-refractivity contribution in [3.8, 4) is 11.5 Å². The fraction of sp³-hybridized carbons (Fsp3) is 0.526. The maximum Gasteiger partial charge on any atom is 0.244 e. The molecule has 27 heavy (non-hydrogen) atoms. The normalized spacial score (nSPS) is 18.4. The highest BCUT2D eigenvalue weighted by Gasteiger charge is 2.26. The van der Waals surface area contributed by atoms with Crippen LogP contribution >= 0.6 is 0 Å². The molecule has 1 unspecified atom stereocenters. The van der Waals surface area contributed by atoms with Gasteiger partial charge in [0.1, 0.15) is 0 Å². The van der Waals surface area contributed by atoms with E-state index in [-0.39, 0.29) is 11.9 Å². The quantitative estimate of drug-likeness (QED) is 0.680. The zero-order chi connectivity index (χ0) is 19.9. The molecule has 1 aromatic rings. The van der Waals surface area contributed by atoms with Gasteiger partial charge in [-0.25, -0.2) is 12.7 Å². The Morgan fingerprint density at radius 3 is 2.63 bits per heavy atom. The second-order valence-corrected chi connectivity index (χ2v) is 8.36. The van der Waals surface area contributed by atoms with E-state index in [1.54, 1.807) is 6.08 Å². The molecule has 1 fully saturated rings.